The molecule has 3 heterocycles. The van der Waals surface area contributed by atoms with E-state index in [9.17, 15) is 13.2 Å². The van der Waals surface area contributed by atoms with E-state index in [0.717, 1.165) is 36.7 Å². The standard InChI is InChI=1S/C16H17F3N6/c17-16(18,19)13-3-5-20-15(24-13)23-11-4-6-25(8-11)14-7-12(10-1-2-10)21-9-22-14/h3,5,7,9-11H,1-2,4,6,8H2,(H,20,23,24). The molecule has 132 valence electrons. The van der Waals surface area contributed by atoms with E-state index in [4.69, 9.17) is 0 Å². The van der Waals surface area contributed by atoms with Crippen molar-refractivity contribution in [3.8, 4) is 0 Å². The topological polar surface area (TPSA) is 66.8 Å². The second-order valence-electron chi connectivity index (χ2n) is 6.41. The highest BCUT2D eigenvalue weighted by atomic mass is 19.4. The molecule has 0 radical (unpaired) electrons. The van der Waals surface area contributed by atoms with Crippen LogP contribution in [0.3, 0.4) is 0 Å². The van der Waals surface area contributed by atoms with Gasteiger partial charge in [-0.3, -0.25) is 0 Å². The van der Waals surface area contributed by atoms with Gasteiger partial charge in [0, 0.05) is 43.0 Å². The van der Waals surface area contributed by atoms with Gasteiger partial charge in [-0.1, -0.05) is 0 Å². The molecule has 0 spiro atoms. The molecule has 25 heavy (non-hydrogen) atoms. The molecule has 1 unspecified atom stereocenters. The van der Waals surface area contributed by atoms with E-state index in [1.807, 2.05) is 6.07 Å². The average molecular weight is 350 g/mol. The molecule has 1 aliphatic heterocycles. The number of hydrogen-bond acceptors (Lipinski definition) is 6. The lowest BCUT2D eigenvalue weighted by atomic mass is 10.2. The second-order valence-corrected chi connectivity index (χ2v) is 6.41. The summed E-state index contributed by atoms with van der Waals surface area (Å²) in [5.74, 6) is 1.42. The fourth-order valence-electron chi connectivity index (χ4n) is 2.99. The minimum Gasteiger partial charge on any atom is -0.354 e. The van der Waals surface area contributed by atoms with Gasteiger partial charge in [-0.05, 0) is 25.3 Å². The number of hydrogen-bond donors (Lipinski definition) is 1. The number of aromatic nitrogens is 4. The Morgan fingerprint density at radius 1 is 1.12 bits per heavy atom. The molecule has 1 N–H and O–H groups in total. The predicted octanol–water partition coefficient (Wildman–Crippen LogP) is 2.85. The van der Waals surface area contributed by atoms with Gasteiger partial charge in [-0.15, -0.1) is 0 Å². The molecule has 6 nitrogen and oxygen atoms in total. The summed E-state index contributed by atoms with van der Waals surface area (Å²) in [5.41, 5.74) is 0.132. The predicted molar refractivity (Wildman–Crippen MR) is 85.3 cm³/mol. The van der Waals surface area contributed by atoms with Crippen molar-refractivity contribution in [3.05, 3.63) is 36.0 Å². The molecule has 1 aliphatic carbocycles. The molecule has 2 aromatic heterocycles. The fourth-order valence-corrected chi connectivity index (χ4v) is 2.99. The van der Waals surface area contributed by atoms with Crippen molar-refractivity contribution >= 4 is 11.8 Å². The average Bonchev–Trinajstić information content (AvgIpc) is 3.34. The molecule has 2 aliphatic rings. The van der Waals surface area contributed by atoms with E-state index in [1.54, 1.807) is 6.33 Å². The van der Waals surface area contributed by atoms with Crippen LogP contribution in [0.2, 0.25) is 0 Å². The largest absolute Gasteiger partial charge is 0.433 e. The Morgan fingerprint density at radius 2 is 1.96 bits per heavy atom. The van der Waals surface area contributed by atoms with Gasteiger partial charge < -0.3 is 10.2 Å². The van der Waals surface area contributed by atoms with Gasteiger partial charge in [0.1, 0.15) is 17.8 Å². The molecule has 2 fully saturated rings. The number of rotatable bonds is 4. The molecule has 1 atom stereocenters. The van der Waals surface area contributed by atoms with E-state index >= 15 is 0 Å². The van der Waals surface area contributed by atoms with Crippen LogP contribution in [0.25, 0.3) is 0 Å². The van der Waals surface area contributed by atoms with Crippen LogP contribution >= 0.6 is 0 Å². The van der Waals surface area contributed by atoms with Crippen LogP contribution in [0.1, 0.15) is 36.6 Å². The minimum absolute atomic E-state index is 0.00281. The Labute approximate surface area is 142 Å². The molecular formula is C16H17F3N6. The third-order valence-corrected chi connectivity index (χ3v) is 4.46. The quantitative estimate of drug-likeness (QED) is 0.915. The fraction of sp³-hybridized carbons (Fsp3) is 0.500. The van der Waals surface area contributed by atoms with Crippen LogP contribution in [0, 0.1) is 0 Å². The molecule has 0 bridgehead atoms. The second kappa shape index (κ2) is 6.12. The summed E-state index contributed by atoms with van der Waals surface area (Å²) in [6.07, 6.45) is 1.36. The molecule has 2 aromatic rings. The Bertz CT molecular complexity index is 762. The van der Waals surface area contributed by atoms with E-state index < -0.39 is 11.9 Å². The molecule has 0 amide bonds. The van der Waals surface area contributed by atoms with Gasteiger partial charge in [0.15, 0.2) is 0 Å². The van der Waals surface area contributed by atoms with Crippen molar-refractivity contribution in [2.24, 2.45) is 0 Å². The Morgan fingerprint density at radius 3 is 2.72 bits per heavy atom. The monoisotopic (exact) mass is 350 g/mol. The van der Waals surface area contributed by atoms with Crippen LogP contribution in [-0.2, 0) is 6.18 Å². The van der Waals surface area contributed by atoms with E-state index in [0.29, 0.717) is 12.5 Å². The van der Waals surface area contributed by atoms with Crippen molar-refractivity contribution in [1.82, 2.24) is 19.9 Å². The summed E-state index contributed by atoms with van der Waals surface area (Å²) in [4.78, 5) is 18.2. The van der Waals surface area contributed by atoms with Crippen molar-refractivity contribution in [3.63, 3.8) is 0 Å². The number of halogens is 3. The lowest BCUT2D eigenvalue weighted by molar-refractivity contribution is -0.141. The maximum Gasteiger partial charge on any atom is 0.433 e. The van der Waals surface area contributed by atoms with E-state index in [2.05, 4.69) is 30.2 Å². The number of alkyl halides is 3. The van der Waals surface area contributed by atoms with Crippen molar-refractivity contribution in [2.75, 3.05) is 23.3 Å². The van der Waals surface area contributed by atoms with Crippen LogP contribution in [0.4, 0.5) is 24.9 Å². The summed E-state index contributed by atoms with van der Waals surface area (Å²) in [6, 6.07) is 2.86. The third kappa shape index (κ3) is 3.64. The van der Waals surface area contributed by atoms with Crippen molar-refractivity contribution in [2.45, 2.75) is 37.4 Å². The summed E-state index contributed by atoms with van der Waals surface area (Å²) in [6.45, 7) is 1.42. The Kier molecular flexibility index (Phi) is 3.93. The maximum absolute atomic E-state index is 12.7. The van der Waals surface area contributed by atoms with Crippen LogP contribution < -0.4 is 10.2 Å². The van der Waals surface area contributed by atoms with Crippen LogP contribution in [-0.4, -0.2) is 39.1 Å². The van der Waals surface area contributed by atoms with Gasteiger partial charge >= 0.3 is 6.18 Å². The van der Waals surface area contributed by atoms with Gasteiger partial charge in [0.2, 0.25) is 5.95 Å². The summed E-state index contributed by atoms with van der Waals surface area (Å²) in [7, 11) is 0. The first-order chi connectivity index (χ1) is 12.0. The van der Waals surface area contributed by atoms with Crippen molar-refractivity contribution in [1.29, 1.82) is 0 Å². The lowest BCUT2D eigenvalue weighted by Gasteiger charge is -2.18. The molecule has 4 rings (SSSR count). The zero-order valence-electron chi connectivity index (χ0n) is 13.4. The molecule has 0 aromatic carbocycles. The highest BCUT2D eigenvalue weighted by Crippen LogP contribution is 2.39. The zero-order chi connectivity index (χ0) is 17.4. The summed E-state index contributed by atoms with van der Waals surface area (Å²) < 4.78 is 38.2. The molecule has 1 saturated heterocycles. The van der Waals surface area contributed by atoms with Gasteiger partial charge in [0.05, 0.1) is 0 Å². The Hall–Kier alpha value is -2.45. The highest BCUT2D eigenvalue weighted by Gasteiger charge is 2.33. The normalized spacial score (nSPS) is 20.8. The number of anilines is 2. The van der Waals surface area contributed by atoms with E-state index in [1.165, 1.54) is 12.8 Å². The first-order valence-electron chi connectivity index (χ1n) is 8.23. The SMILES string of the molecule is FC(F)(F)c1ccnc(NC2CCN(c3cc(C4CC4)ncn3)C2)n1. The summed E-state index contributed by atoms with van der Waals surface area (Å²) >= 11 is 0. The van der Waals surface area contributed by atoms with E-state index in [-0.39, 0.29) is 12.0 Å². The first kappa shape index (κ1) is 16.0. The highest BCUT2D eigenvalue weighted by molar-refractivity contribution is 5.43. The van der Waals surface area contributed by atoms with Gasteiger partial charge in [0.25, 0.3) is 0 Å². The Balaban J connectivity index is 1.42. The molecular weight excluding hydrogens is 333 g/mol. The first-order valence-corrected chi connectivity index (χ1v) is 8.23. The number of nitrogens with one attached hydrogen (secondary N) is 1. The minimum atomic E-state index is -4.47. The van der Waals surface area contributed by atoms with Crippen LogP contribution in [0.15, 0.2) is 24.7 Å². The van der Waals surface area contributed by atoms with Gasteiger partial charge in [-0.25, -0.2) is 19.9 Å². The summed E-state index contributed by atoms with van der Waals surface area (Å²) in [5, 5.41) is 3.00. The lowest BCUT2D eigenvalue weighted by Crippen LogP contribution is -2.27. The molecule has 1 saturated carbocycles. The smallest absolute Gasteiger partial charge is 0.354 e. The maximum atomic E-state index is 12.7. The van der Waals surface area contributed by atoms with Crippen LogP contribution in [0.5, 0.6) is 0 Å². The zero-order valence-corrected chi connectivity index (χ0v) is 13.4. The third-order valence-electron chi connectivity index (χ3n) is 4.46. The molecule has 9 heteroatoms. The number of nitrogens with zero attached hydrogens (tertiary/aromatic N) is 5. The van der Waals surface area contributed by atoms with Crippen molar-refractivity contribution < 1.29 is 13.2 Å². The van der Waals surface area contributed by atoms with Gasteiger partial charge in [-0.2, -0.15) is 13.2 Å².